The Labute approximate surface area is 262 Å². The fraction of sp³-hybridized carbons (Fsp3) is 0.273. The number of anilines is 1. The van der Waals surface area contributed by atoms with Gasteiger partial charge in [-0.25, -0.2) is 14.4 Å². The molecule has 0 N–H and O–H groups in total. The Morgan fingerprint density at radius 2 is 1.89 bits per heavy atom. The molecule has 1 fully saturated rings. The monoisotopic (exact) mass is 632 g/mol. The Morgan fingerprint density at radius 3 is 2.66 bits per heavy atom. The van der Waals surface area contributed by atoms with Gasteiger partial charge in [0.2, 0.25) is 0 Å². The molecule has 2 aromatic heterocycles. The molecule has 0 aliphatic carbocycles. The van der Waals surface area contributed by atoms with Crippen LogP contribution in [0.15, 0.2) is 71.5 Å². The lowest BCUT2D eigenvalue weighted by atomic mass is 10.0. The summed E-state index contributed by atoms with van der Waals surface area (Å²) in [5.74, 6) is 0.679. The maximum Gasteiger partial charge on any atom is 0.281 e. The minimum absolute atomic E-state index is 0.0351. The first-order valence-corrected chi connectivity index (χ1v) is 15.5. The van der Waals surface area contributed by atoms with Crippen molar-refractivity contribution in [3.8, 4) is 22.9 Å². The summed E-state index contributed by atoms with van der Waals surface area (Å²) < 4.78 is 27.7. The predicted molar refractivity (Wildman–Crippen MR) is 171 cm³/mol. The summed E-state index contributed by atoms with van der Waals surface area (Å²) in [6, 6.07) is 19.5. The summed E-state index contributed by atoms with van der Waals surface area (Å²) in [5.41, 5.74) is 1.60. The lowest BCUT2D eigenvalue weighted by Crippen LogP contribution is -2.36. The van der Waals surface area contributed by atoms with Crippen molar-refractivity contribution in [3.05, 3.63) is 99.1 Å². The Kier molecular flexibility index (Phi) is 8.63. The number of hydrogen-bond acceptors (Lipinski definition) is 8. The highest BCUT2D eigenvalue weighted by molar-refractivity contribution is 7.21. The molecule has 0 bridgehead atoms. The zero-order chi connectivity index (χ0) is 30.8. The highest BCUT2D eigenvalue weighted by atomic mass is 35.5. The maximum atomic E-state index is 15.4. The van der Waals surface area contributed by atoms with Crippen molar-refractivity contribution in [3.63, 3.8) is 0 Å². The zero-order valence-electron chi connectivity index (χ0n) is 24.3. The predicted octanol–water partition coefficient (Wildman–Crippen LogP) is 6.55. The van der Waals surface area contributed by atoms with Crippen LogP contribution in [0.5, 0.6) is 11.5 Å². The quantitative estimate of drug-likeness (QED) is 0.173. The van der Waals surface area contributed by atoms with Crippen LogP contribution in [0.25, 0.3) is 21.7 Å². The number of Topliss-reactive ketones (excluding diaryl/α,β-unsaturated/α-hetero) is 1. The first-order valence-electron chi connectivity index (χ1n) is 14.3. The van der Waals surface area contributed by atoms with Crippen molar-refractivity contribution in [2.75, 3.05) is 25.7 Å². The van der Waals surface area contributed by atoms with Crippen LogP contribution in [0.3, 0.4) is 0 Å². The van der Waals surface area contributed by atoms with Gasteiger partial charge in [-0.1, -0.05) is 59.3 Å². The van der Waals surface area contributed by atoms with Crippen molar-refractivity contribution in [2.24, 2.45) is 0 Å². The molecule has 6 rings (SSSR count). The molecule has 44 heavy (non-hydrogen) atoms. The van der Waals surface area contributed by atoms with E-state index in [1.54, 1.807) is 37.4 Å². The Balaban J connectivity index is 1.40. The summed E-state index contributed by atoms with van der Waals surface area (Å²) >= 11 is 7.38. The van der Waals surface area contributed by atoms with Crippen LogP contribution in [0.2, 0.25) is 5.02 Å². The molecule has 3 aromatic carbocycles. The number of methoxy groups -OCH3 is 2. The second-order valence-electron chi connectivity index (χ2n) is 10.6. The number of rotatable bonds is 10. The van der Waals surface area contributed by atoms with Gasteiger partial charge in [0.1, 0.15) is 17.3 Å². The molecule has 1 aliphatic rings. The molecular formula is C33H30ClFN4O4S. The minimum atomic E-state index is -0.677. The smallest absolute Gasteiger partial charge is 0.281 e. The fourth-order valence-electron chi connectivity index (χ4n) is 5.61. The molecule has 11 heteroatoms. The number of aryl methyl sites for hydroxylation is 1. The summed E-state index contributed by atoms with van der Waals surface area (Å²) in [7, 11) is 3.08. The third kappa shape index (κ3) is 5.79. The van der Waals surface area contributed by atoms with Gasteiger partial charge in [-0.15, -0.1) is 0 Å². The Bertz CT molecular complexity index is 1890. The van der Waals surface area contributed by atoms with Crippen molar-refractivity contribution in [1.29, 1.82) is 0 Å². The maximum absolute atomic E-state index is 15.4. The lowest BCUT2D eigenvalue weighted by molar-refractivity contribution is -0.120. The van der Waals surface area contributed by atoms with Crippen molar-refractivity contribution < 1.29 is 18.7 Å². The number of halogens is 2. The van der Waals surface area contributed by atoms with Gasteiger partial charge in [0.15, 0.2) is 27.1 Å². The number of ketones is 1. The molecule has 1 saturated heterocycles. The number of hydrogen-bond donors (Lipinski definition) is 0. The Hall–Kier alpha value is -4.28. The Morgan fingerprint density at radius 1 is 1.07 bits per heavy atom. The zero-order valence-corrected chi connectivity index (χ0v) is 25.8. The van der Waals surface area contributed by atoms with Gasteiger partial charge in [0.05, 0.1) is 37.4 Å². The van der Waals surface area contributed by atoms with Gasteiger partial charge < -0.3 is 14.4 Å². The van der Waals surface area contributed by atoms with Gasteiger partial charge in [-0.3, -0.25) is 14.2 Å². The number of carbonyl (C=O) groups is 1. The molecule has 0 spiro atoms. The molecule has 226 valence electrons. The van der Waals surface area contributed by atoms with E-state index < -0.39 is 11.4 Å². The first-order chi connectivity index (χ1) is 21.4. The highest BCUT2D eigenvalue weighted by Crippen LogP contribution is 2.35. The van der Waals surface area contributed by atoms with Crippen molar-refractivity contribution in [2.45, 2.75) is 38.3 Å². The van der Waals surface area contributed by atoms with E-state index in [4.69, 9.17) is 31.0 Å². The number of ether oxygens (including phenoxy) is 2. The third-order valence-electron chi connectivity index (χ3n) is 7.90. The molecule has 0 saturated carbocycles. The molecular weight excluding hydrogens is 603 g/mol. The minimum Gasteiger partial charge on any atom is -0.497 e. The van der Waals surface area contributed by atoms with E-state index in [0.717, 1.165) is 18.4 Å². The summed E-state index contributed by atoms with van der Waals surface area (Å²) in [6.07, 6.45) is 2.64. The number of carbonyl (C=O) groups excluding carboxylic acids is 1. The van der Waals surface area contributed by atoms with E-state index in [0.29, 0.717) is 46.4 Å². The number of fused-ring (bicyclic) bond motifs is 1. The standard InChI is InChI=1S/C33H30ClFN4O4S/c1-42-22-15-14-21(27(18-22)43-2)19-39-30(23-10-6-11-24(34)28(23)35)37-31-29(32(39)41)36-33(44-31)38-17-7-12-25(38)26(40)16-13-20-8-4-3-5-9-20/h3-6,8-11,14-15,18,25H,7,12-13,16-17,19H2,1-2H3/t25-/m1/s1. The van der Waals surface area contributed by atoms with Crippen LogP contribution >= 0.6 is 22.9 Å². The average molecular weight is 633 g/mol. The van der Waals surface area contributed by atoms with Gasteiger partial charge >= 0.3 is 0 Å². The van der Waals surface area contributed by atoms with Crippen LogP contribution in [0.1, 0.15) is 30.4 Å². The molecule has 0 amide bonds. The van der Waals surface area contributed by atoms with E-state index in [1.807, 2.05) is 35.2 Å². The van der Waals surface area contributed by atoms with Gasteiger partial charge in [-0.2, -0.15) is 0 Å². The number of aromatic nitrogens is 3. The molecule has 8 nitrogen and oxygen atoms in total. The van der Waals surface area contributed by atoms with E-state index in [2.05, 4.69) is 0 Å². The molecule has 0 radical (unpaired) electrons. The largest absolute Gasteiger partial charge is 0.497 e. The van der Waals surface area contributed by atoms with Gasteiger partial charge in [0.25, 0.3) is 5.56 Å². The fourth-order valence-corrected chi connectivity index (χ4v) is 6.79. The van der Waals surface area contributed by atoms with E-state index in [1.165, 1.54) is 29.1 Å². The molecule has 1 aliphatic heterocycles. The van der Waals surface area contributed by atoms with Crippen LogP contribution in [-0.4, -0.2) is 47.1 Å². The van der Waals surface area contributed by atoms with Crippen molar-refractivity contribution >= 4 is 44.2 Å². The highest BCUT2D eigenvalue weighted by Gasteiger charge is 2.33. The SMILES string of the molecule is COc1ccc(Cn2c(-c3cccc(Cl)c3F)nc3sc(N4CCC[C@@H]4C(=O)CCc4ccccc4)nc3c2=O)c(OC)c1. The van der Waals surface area contributed by atoms with Crippen molar-refractivity contribution in [1.82, 2.24) is 14.5 Å². The van der Waals surface area contributed by atoms with Crippen LogP contribution < -0.4 is 19.9 Å². The van der Waals surface area contributed by atoms with Crippen LogP contribution in [-0.2, 0) is 17.8 Å². The summed E-state index contributed by atoms with van der Waals surface area (Å²) in [5, 5.41) is 0.474. The lowest BCUT2D eigenvalue weighted by Gasteiger charge is -2.22. The molecule has 5 aromatic rings. The van der Waals surface area contributed by atoms with Gasteiger partial charge in [-0.05, 0) is 49.1 Å². The van der Waals surface area contributed by atoms with Crippen LogP contribution in [0.4, 0.5) is 9.52 Å². The third-order valence-corrected chi connectivity index (χ3v) is 9.18. The number of thiazole rings is 1. The van der Waals surface area contributed by atoms with Gasteiger partial charge in [0, 0.05) is 24.6 Å². The normalized spacial score (nSPS) is 14.7. The van der Waals surface area contributed by atoms with E-state index in [9.17, 15) is 9.59 Å². The number of benzene rings is 3. The van der Waals surface area contributed by atoms with E-state index in [-0.39, 0.29) is 40.3 Å². The second-order valence-corrected chi connectivity index (χ2v) is 11.9. The molecule has 3 heterocycles. The topological polar surface area (TPSA) is 86.5 Å². The first kappa shape index (κ1) is 29.8. The summed E-state index contributed by atoms with van der Waals surface area (Å²) in [4.78, 5) is 39.3. The average Bonchev–Trinajstić information content (AvgIpc) is 3.71. The van der Waals surface area contributed by atoms with Crippen LogP contribution in [0, 0.1) is 5.82 Å². The molecule has 0 unspecified atom stereocenters. The molecule has 1 atom stereocenters. The van der Waals surface area contributed by atoms with E-state index >= 15 is 4.39 Å². The summed E-state index contributed by atoms with van der Waals surface area (Å²) in [6.45, 7) is 0.683. The second kappa shape index (κ2) is 12.8. The number of nitrogens with zero attached hydrogens (tertiary/aromatic N) is 4.